The van der Waals surface area contributed by atoms with E-state index in [9.17, 15) is 0 Å². The van der Waals surface area contributed by atoms with Crippen molar-refractivity contribution < 1.29 is 0 Å². The number of aryl methyl sites for hydroxylation is 1. The number of hydrogen-bond acceptors (Lipinski definition) is 4. The van der Waals surface area contributed by atoms with Crippen LogP contribution in [0.15, 0.2) is 17.8 Å². The highest BCUT2D eigenvalue weighted by molar-refractivity contribution is 7.09. The lowest BCUT2D eigenvalue weighted by atomic mass is 10.0. The average Bonchev–Trinajstić information content (AvgIpc) is 3.00. The molecule has 1 aliphatic heterocycles. The first-order valence-corrected chi connectivity index (χ1v) is 6.81. The molecule has 1 N–H and O–H groups in total. The fourth-order valence-electron chi connectivity index (χ4n) is 2.50. The van der Waals surface area contributed by atoms with E-state index in [1.807, 2.05) is 17.8 Å². The van der Waals surface area contributed by atoms with Crippen LogP contribution in [0.4, 0.5) is 0 Å². The first-order chi connectivity index (χ1) is 8.33. The Kier molecular flexibility index (Phi) is 2.94. The molecule has 1 unspecified atom stereocenters. The van der Waals surface area contributed by atoms with Gasteiger partial charge in [-0.1, -0.05) is 0 Å². The van der Waals surface area contributed by atoms with E-state index in [1.54, 1.807) is 11.3 Å². The second kappa shape index (κ2) is 4.58. The van der Waals surface area contributed by atoms with Crippen LogP contribution in [0.5, 0.6) is 0 Å². The molecule has 4 nitrogen and oxygen atoms in total. The predicted molar refractivity (Wildman–Crippen MR) is 68.1 cm³/mol. The van der Waals surface area contributed by atoms with E-state index in [0.717, 1.165) is 19.6 Å². The highest BCUT2D eigenvalue weighted by Gasteiger charge is 2.26. The smallest absolute Gasteiger partial charge is 0.107 e. The molecular weight excluding hydrogens is 232 g/mol. The lowest BCUT2D eigenvalue weighted by molar-refractivity contribution is 0.325. The van der Waals surface area contributed by atoms with Crippen molar-refractivity contribution in [3.05, 3.63) is 34.0 Å². The van der Waals surface area contributed by atoms with Crippen molar-refractivity contribution in [3.8, 4) is 0 Å². The average molecular weight is 248 g/mol. The Morgan fingerprint density at radius 1 is 1.59 bits per heavy atom. The maximum Gasteiger partial charge on any atom is 0.107 e. The van der Waals surface area contributed by atoms with Crippen molar-refractivity contribution in [2.45, 2.75) is 25.8 Å². The molecule has 0 radical (unpaired) electrons. The van der Waals surface area contributed by atoms with Gasteiger partial charge in [-0.3, -0.25) is 10.00 Å². The van der Waals surface area contributed by atoms with Gasteiger partial charge in [0.05, 0.1) is 12.7 Å². The molecule has 90 valence electrons. The first-order valence-electron chi connectivity index (χ1n) is 5.93. The molecule has 0 amide bonds. The minimum atomic E-state index is 0.609. The third kappa shape index (κ3) is 2.25. The van der Waals surface area contributed by atoms with Crippen molar-refractivity contribution in [2.75, 3.05) is 13.1 Å². The van der Waals surface area contributed by atoms with Gasteiger partial charge in [-0.15, -0.1) is 11.3 Å². The monoisotopic (exact) mass is 248 g/mol. The lowest BCUT2D eigenvalue weighted by Gasteiger charge is -2.14. The van der Waals surface area contributed by atoms with Gasteiger partial charge in [0.15, 0.2) is 0 Å². The van der Waals surface area contributed by atoms with Gasteiger partial charge in [-0.05, 0) is 25.5 Å². The van der Waals surface area contributed by atoms with Crippen LogP contribution in [0.25, 0.3) is 0 Å². The molecule has 2 aromatic rings. The Morgan fingerprint density at radius 2 is 2.53 bits per heavy atom. The summed E-state index contributed by atoms with van der Waals surface area (Å²) in [6, 6.07) is 0. The van der Waals surface area contributed by atoms with Crippen molar-refractivity contribution in [2.24, 2.45) is 0 Å². The number of H-pyrrole nitrogens is 1. The molecule has 0 bridgehead atoms. The van der Waals surface area contributed by atoms with Crippen LogP contribution in [0, 0.1) is 6.92 Å². The van der Waals surface area contributed by atoms with Crippen LogP contribution in [-0.4, -0.2) is 33.2 Å². The number of likely N-dealkylation sites (tertiary alicyclic amines) is 1. The summed E-state index contributed by atoms with van der Waals surface area (Å²) < 4.78 is 0. The predicted octanol–water partition coefficient (Wildman–Crippen LogP) is 2.16. The number of aromatic nitrogens is 3. The molecule has 2 aromatic heterocycles. The van der Waals surface area contributed by atoms with Crippen LogP contribution in [0.1, 0.15) is 28.6 Å². The van der Waals surface area contributed by atoms with Crippen LogP contribution in [-0.2, 0) is 6.54 Å². The quantitative estimate of drug-likeness (QED) is 0.905. The summed E-state index contributed by atoms with van der Waals surface area (Å²) in [4.78, 5) is 6.82. The summed E-state index contributed by atoms with van der Waals surface area (Å²) in [6.07, 6.45) is 5.01. The maximum atomic E-state index is 4.34. The summed E-state index contributed by atoms with van der Waals surface area (Å²) in [6.45, 7) is 5.38. The molecule has 0 saturated carbocycles. The van der Waals surface area contributed by atoms with E-state index >= 15 is 0 Å². The second-order valence-corrected chi connectivity index (χ2v) is 5.59. The Bertz CT molecular complexity index is 476. The number of aromatic amines is 1. The molecular formula is C12H16N4S. The summed E-state index contributed by atoms with van der Waals surface area (Å²) in [5.74, 6) is 0.609. The fourth-order valence-corrected chi connectivity index (χ4v) is 3.16. The number of rotatable bonds is 3. The van der Waals surface area contributed by atoms with Gasteiger partial charge in [0.1, 0.15) is 5.01 Å². The molecule has 3 rings (SSSR count). The summed E-state index contributed by atoms with van der Waals surface area (Å²) >= 11 is 1.74. The fraction of sp³-hybridized carbons (Fsp3) is 0.500. The van der Waals surface area contributed by atoms with E-state index in [0.29, 0.717) is 5.92 Å². The third-order valence-electron chi connectivity index (χ3n) is 3.39. The SMILES string of the molecule is Cc1cn[nH]c1C1CCN(Cc2nccs2)C1. The van der Waals surface area contributed by atoms with E-state index in [-0.39, 0.29) is 0 Å². The molecule has 3 heterocycles. The highest BCUT2D eigenvalue weighted by atomic mass is 32.1. The minimum absolute atomic E-state index is 0.609. The van der Waals surface area contributed by atoms with Crippen molar-refractivity contribution in [1.82, 2.24) is 20.1 Å². The molecule has 1 fully saturated rings. The van der Waals surface area contributed by atoms with Gasteiger partial charge < -0.3 is 0 Å². The van der Waals surface area contributed by atoms with Gasteiger partial charge in [-0.2, -0.15) is 5.10 Å². The zero-order valence-corrected chi connectivity index (χ0v) is 10.7. The Hall–Kier alpha value is -1.20. The molecule has 0 aromatic carbocycles. The minimum Gasteiger partial charge on any atom is -0.296 e. The number of hydrogen-bond donors (Lipinski definition) is 1. The largest absolute Gasteiger partial charge is 0.296 e. The van der Waals surface area contributed by atoms with Gasteiger partial charge in [0.25, 0.3) is 0 Å². The van der Waals surface area contributed by atoms with Gasteiger partial charge >= 0.3 is 0 Å². The molecule has 1 aliphatic rings. The molecule has 5 heteroatoms. The Morgan fingerprint density at radius 3 is 3.24 bits per heavy atom. The maximum absolute atomic E-state index is 4.34. The van der Waals surface area contributed by atoms with E-state index in [4.69, 9.17) is 0 Å². The van der Waals surface area contributed by atoms with Crippen molar-refractivity contribution >= 4 is 11.3 Å². The van der Waals surface area contributed by atoms with Gasteiger partial charge in [0, 0.05) is 29.7 Å². The van der Waals surface area contributed by atoms with Crippen LogP contribution < -0.4 is 0 Å². The van der Waals surface area contributed by atoms with Crippen LogP contribution >= 0.6 is 11.3 Å². The number of thiazole rings is 1. The summed E-state index contributed by atoms with van der Waals surface area (Å²) in [5.41, 5.74) is 2.60. The molecule has 0 aliphatic carbocycles. The van der Waals surface area contributed by atoms with Crippen LogP contribution in [0.3, 0.4) is 0 Å². The number of nitrogens with zero attached hydrogens (tertiary/aromatic N) is 3. The normalized spacial score (nSPS) is 21.1. The third-order valence-corrected chi connectivity index (χ3v) is 4.16. The van der Waals surface area contributed by atoms with Crippen LogP contribution in [0.2, 0.25) is 0 Å². The standard InChI is InChI=1S/C12H16N4S/c1-9-6-14-15-12(9)10-2-4-16(7-10)8-11-13-3-5-17-11/h3,5-6,10H,2,4,7-8H2,1H3,(H,14,15). The Labute approximate surface area is 105 Å². The number of nitrogens with one attached hydrogen (secondary N) is 1. The highest BCUT2D eigenvalue weighted by Crippen LogP contribution is 2.28. The molecule has 0 spiro atoms. The van der Waals surface area contributed by atoms with Crippen molar-refractivity contribution in [3.63, 3.8) is 0 Å². The second-order valence-electron chi connectivity index (χ2n) is 4.61. The molecule has 1 saturated heterocycles. The topological polar surface area (TPSA) is 44.8 Å². The van der Waals surface area contributed by atoms with Crippen molar-refractivity contribution in [1.29, 1.82) is 0 Å². The summed E-state index contributed by atoms with van der Waals surface area (Å²) in [5, 5.41) is 10.5. The lowest BCUT2D eigenvalue weighted by Crippen LogP contribution is -2.19. The molecule has 1 atom stereocenters. The Balaban J connectivity index is 1.64. The first kappa shape index (κ1) is 10.9. The zero-order chi connectivity index (χ0) is 11.7. The molecule has 17 heavy (non-hydrogen) atoms. The summed E-state index contributed by atoms with van der Waals surface area (Å²) in [7, 11) is 0. The van der Waals surface area contributed by atoms with Gasteiger partial charge in [0.2, 0.25) is 0 Å². The van der Waals surface area contributed by atoms with Gasteiger partial charge in [-0.25, -0.2) is 4.98 Å². The van der Waals surface area contributed by atoms with E-state index in [1.165, 1.54) is 22.7 Å². The van der Waals surface area contributed by atoms with E-state index in [2.05, 4.69) is 27.0 Å². The van der Waals surface area contributed by atoms with E-state index < -0.39 is 0 Å². The zero-order valence-electron chi connectivity index (χ0n) is 9.89.